The Balaban J connectivity index is 2.13. The van der Waals surface area contributed by atoms with Crippen molar-refractivity contribution in [1.29, 1.82) is 0 Å². The summed E-state index contributed by atoms with van der Waals surface area (Å²) in [5, 5.41) is 0.160. The number of aromatic nitrogens is 5. The lowest BCUT2D eigenvalue weighted by molar-refractivity contribution is 0.131. The van der Waals surface area contributed by atoms with Crippen molar-refractivity contribution in [3.63, 3.8) is 0 Å². The van der Waals surface area contributed by atoms with Gasteiger partial charge >= 0.3 is 0 Å². The van der Waals surface area contributed by atoms with Gasteiger partial charge < -0.3 is 9.30 Å². The van der Waals surface area contributed by atoms with Gasteiger partial charge in [0, 0.05) is 13.3 Å². The summed E-state index contributed by atoms with van der Waals surface area (Å²) in [5.74, 6) is 0.484. The first-order valence-electron chi connectivity index (χ1n) is 4.73. The fourth-order valence-corrected chi connectivity index (χ4v) is 1.72. The van der Waals surface area contributed by atoms with Crippen molar-refractivity contribution in [1.82, 2.24) is 24.5 Å². The molecule has 90 valence electrons. The zero-order valence-electron chi connectivity index (χ0n) is 8.97. The van der Waals surface area contributed by atoms with Crippen molar-refractivity contribution in [2.24, 2.45) is 0 Å². The molecule has 0 saturated carbocycles. The smallest absolute Gasteiger partial charge is 0.226 e. The quantitative estimate of drug-likeness (QED) is 0.846. The van der Waals surface area contributed by atoms with E-state index in [9.17, 15) is 0 Å². The van der Waals surface area contributed by atoms with Gasteiger partial charge in [0.2, 0.25) is 10.6 Å². The lowest BCUT2D eigenvalue weighted by Gasteiger charge is -1.98. The predicted octanol–water partition coefficient (Wildman–Crippen LogP) is 1.57. The van der Waals surface area contributed by atoms with Gasteiger partial charge in [0.1, 0.15) is 12.6 Å². The molecule has 2 rings (SSSR count). The van der Waals surface area contributed by atoms with Gasteiger partial charge in [-0.15, -0.1) is 0 Å². The van der Waals surface area contributed by atoms with E-state index in [2.05, 4.69) is 19.9 Å². The van der Waals surface area contributed by atoms with Crippen LogP contribution in [0, 0.1) is 0 Å². The maximum Gasteiger partial charge on any atom is 0.226 e. The number of ether oxygens (including phenoxy) is 1. The maximum atomic E-state index is 5.68. The third-order valence-corrected chi connectivity index (χ3v) is 2.27. The number of rotatable bonds is 4. The Morgan fingerprint density at radius 1 is 1.24 bits per heavy atom. The van der Waals surface area contributed by atoms with Crippen LogP contribution < -0.4 is 0 Å². The molecule has 0 aliphatic heterocycles. The summed E-state index contributed by atoms with van der Waals surface area (Å²) in [4.78, 5) is 15.8. The number of methoxy groups -OCH3 is 1. The molecule has 2 heterocycles. The minimum atomic E-state index is 0.0799. The second kappa shape index (κ2) is 5.39. The van der Waals surface area contributed by atoms with Crippen LogP contribution in [0.5, 0.6) is 0 Å². The fraction of sp³-hybridized carbons (Fsp3) is 0.333. The van der Waals surface area contributed by atoms with Crippen LogP contribution in [0.1, 0.15) is 11.5 Å². The second-order valence-electron chi connectivity index (χ2n) is 3.26. The monoisotopic (exact) mass is 273 g/mol. The Morgan fingerprint density at radius 2 is 1.94 bits per heavy atom. The molecule has 8 heteroatoms. The summed E-state index contributed by atoms with van der Waals surface area (Å²) in [6.07, 6.45) is 3.96. The van der Waals surface area contributed by atoms with Crippen molar-refractivity contribution in [2.45, 2.75) is 13.2 Å². The molecule has 0 fully saturated rings. The summed E-state index contributed by atoms with van der Waals surface area (Å²) >= 11 is 11.4. The molecule has 2 aromatic rings. The Hall–Kier alpha value is -1.24. The third-order valence-electron chi connectivity index (χ3n) is 1.93. The summed E-state index contributed by atoms with van der Waals surface area (Å²) in [6.45, 7) is 0.450. The highest BCUT2D eigenvalue weighted by Gasteiger charge is 2.06. The largest absolute Gasteiger partial charge is 0.364 e. The zero-order chi connectivity index (χ0) is 12.3. The van der Waals surface area contributed by atoms with E-state index in [1.807, 2.05) is 6.20 Å². The highest BCUT2D eigenvalue weighted by Crippen LogP contribution is 2.09. The Bertz CT molecular complexity index is 496. The Labute approximate surface area is 108 Å². The van der Waals surface area contributed by atoms with E-state index in [4.69, 9.17) is 27.9 Å². The summed E-state index contributed by atoms with van der Waals surface area (Å²) in [6, 6.07) is 0. The van der Waals surface area contributed by atoms with Crippen molar-refractivity contribution < 1.29 is 4.74 Å². The van der Waals surface area contributed by atoms with Crippen LogP contribution in [-0.2, 0) is 17.9 Å². The van der Waals surface area contributed by atoms with Crippen molar-refractivity contribution in [3.05, 3.63) is 34.6 Å². The standard InChI is InChI=1S/C9H9Cl2N5O/c1-17-5-16-3-6(12-4-16)2-7-13-8(10)15-9(11)14-7/h3-4H,2,5H2,1H3. The topological polar surface area (TPSA) is 65.7 Å². The fourth-order valence-electron chi connectivity index (χ4n) is 1.32. The summed E-state index contributed by atoms with van der Waals surface area (Å²) in [7, 11) is 1.62. The SMILES string of the molecule is COCn1cnc(Cc2nc(Cl)nc(Cl)n2)c1. The van der Waals surface area contributed by atoms with Gasteiger partial charge in [-0.25, -0.2) is 15.0 Å². The molecule has 17 heavy (non-hydrogen) atoms. The van der Waals surface area contributed by atoms with E-state index in [1.54, 1.807) is 18.0 Å². The molecule has 0 aliphatic rings. The van der Waals surface area contributed by atoms with Crippen molar-refractivity contribution in [2.75, 3.05) is 7.11 Å². The van der Waals surface area contributed by atoms with Gasteiger partial charge in [0.05, 0.1) is 18.4 Å². The molecule has 0 aromatic carbocycles. The maximum absolute atomic E-state index is 5.68. The lowest BCUT2D eigenvalue weighted by Crippen LogP contribution is -2.00. The molecule has 0 bridgehead atoms. The summed E-state index contributed by atoms with van der Waals surface area (Å²) in [5.41, 5.74) is 0.806. The third kappa shape index (κ3) is 3.36. The molecular formula is C9H9Cl2N5O. The van der Waals surface area contributed by atoms with Crippen LogP contribution in [0.2, 0.25) is 10.6 Å². The molecule has 0 N–H and O–H groups in total. The number of hydrogen-bond acceptors (Lipinski definition) is 5. The Kier molecular flexibility index (Phi) is 3.88. The van der Waals surface area contributed by atoms with E-state index in [-0.39, 0.29) is 10.6 Å². The van der Waals surface area contributed by atoms with E-state index in [0.717, 1.165) is 5.69 Å². The highest BCUT2D eigenvalue weighted by molar-refractivity contribution is 6.30. The Morgan fingerprint density at radius 3 is 2.59 bits per heavy atom. The van der Waals surface area contributed by atoms with Crippen LogP contribution >= 0.6 is 23.2 Å². The lowest BCUT2D eigenvalue weighted by atomic mass is 10.3. The number of hydrogen-bond donors (Lipinski definition) is 0. The molecule has 0 saturated heterocycles. The van der Waals surface area contributed by atoms with Gasteiger partial charge in [0.15, 0.2) is 0 Å². The molecule has 0 amide bonds. The molecule has 0 radical (unpaired) electrons. The van der Waals surface area contributed by atoms with Crippen molar-refractivity contribution in [3.8, 4) is 0 Å². The molecule has 0 unspecified atom stereocenters. The second-order valence-corrected chi connectivity index (χ2v) is 3.94. The van der Waals surface area contributed by atoms with E-state index in [1.165, 1.54) is 0 Å². The van der Waals surface area contributed by atoms with E-state index in [0.29, 0.717) is 19.0 Å². The molecule has 6 nitrogen and oxygen atoms in total. The minimum absolute atomic E-state index is 0.0799. The van der Waals surface area contributed by atoms with Crippen molar-refractivity contribution >= 4 is 23.2 Å². The van der Waals surface area contributed by atoms with Crippen LogP contribution in [0.4, 0.5) is 0 Å². The molecule has 2 aromatic heterocycles. The first-order valence-corrected chi connectivity index (χ1v) is 5.48. The van der Waals surface area contributed by atoms with Crippen LogP contribution in [0.15, 0.2) is 12.5 Å². The molecule has 0 atom stereocenters. The average Bonchev–Trinajstić information content (AvgIpc) is 2.64. The first-order chi connectivity index (χ1) is 8.17. The average molecular weight is 274 g/mol. The highest BCUT2D eigenvalue weighted by atomic mass is 35.5. The zero-order valence-corrected chi connectivity index (χ0v) is 10.5. The van der Waals surface area contributed by atoms with Gasteiger partial charge in [-0.1, -0.05) is 0 Å². The van der Waals surface area contributed by atoms with E-state index < -0.39 is 0 Å². The number of imidazole rings is 1. The first kappa shape index (κ1) is 12.2. The van der Waals surface area contributed by atoms with Crippen LogP contribution in [0.3, 0.4) is 0 Å². The molecule has 0 spiro atoms. The number of nitrogens with zero attached hydrogens (tertiary/aromatic N) is 5. The molecular weight excluding hydrogens is 265 g/mol. The summed E-state index contributed by atoms with van der Waals surface area (Å²) < 4.78 is 6.77. The normalized spacial score (nSPS) is 10.8. The predicted molar refractivity (Wildman–Crippen MR) is 61.9 cm³/mol. The van der Waals surface area contributed by atoms with Crippen LogP contribution in [-0.4, -0.2) is 31.6 Å². The van der Waals surface area contributed by atoms with E-state index >= 15 is 0 Å². The van der Waals surface area contributed by atoms with Gasteiger partial charge in [-0.3, -0.25) is 0 Å². The molecule has 0 aliphatic carbocycles. The van der Waals surface area contributed by atoms with Gasteiger partial charge in [-0.2, -0.15) is 4.98 Å². The minimum Gasteiger partial charge on any atom is -0.364 e. The van der Waals surface area contributed by atoms with Gasteiger partial charge in [0.25, 0.3) is 0 Å². The number of halogens is 2. The van der Waals surface area contributed by atoms with Gasteiger partial charge in [-0.05, 0) is 23.2 Å². The van der Waals surface area contributed by atoms with Crippen LogP contribution in [0.25, 0.3) is 0 Å².